The Morgan fingerprint density at radius 1 is 1.26 bits per heavy atom. The number of hydrogen-bond donors (Lipinski definition) is 1. The molecule has 2 aromatic carbocycles. The number of halogens is 1. The Kier molecular flexibility index (Phi) is 2.91. The van der Waals surface area contributed by atoms with E-state index < -0.39 is 0 Å². The van der Waals surface area contributed by atoms with Crippen LogP contribution in [-0.4, -0.2) is 4.98 Å². The van der Waals surface area contributed by atoms with Crippen molar-refractivity contribution < 1.29 is 4.42 Å². The summed E-state index contributed by atoms with van der Waals surface area (Å²) < 4.78 is 5.74. The van der Waals surface area contributed by atoms with E-state index in [1.165, 1.54) is 0 Å². The topological polar surface area (TPSA) is 52.0 Å². The zero-order valence-electron chi connectivity index (χ0n) is 10.5. The van der Waals surface area contributed by atoms with Gasteiger partial charge in [-0.25, -0.2) is 4.98 Å². The number of benzene rings is 2. The number of aromatic nitrogens is 1. The van der Waals surface area contributed by atoms with E-state index in [9.17, 15) is 0 Å². The highest BCUT2D eigenvalue weighted by atomic mass is 35.5. The number of rotatable bonds is 2. The van der Waals surface area contributed by atoms with Crippen LogP contribution in [0.4, 0.5) is 5.69 Å². The Bertz CT molecular complexity index is 749. The molecule has 0 atom stereocenters. The average molecular weight is 273 g/mol. The molecule has 0 radical (unpaired) electrons. The monoisotopic (exact) mass is 272 g/mol. The first kappa shape index (κ1) is 12.1. The van der Waals surface area contributed by atoms with Crippen molar-refractivity contribution in [3.63, 3.8) is 0 Å². The summed E-state index contributed by atoms with van der Waals surface area (Å²) in [6.45, 7) is 2.08. The van der Waals surface area contributed by atoms with Gasteiger partial charge in [0.05, 0.1) is 16.3 Å². The van der Waals surface area contributed by atoms with Gasteiger partial charge in [-0.15, -0.1) is 0 Å². The molecule has 0 aliphatic heterocycles. The van der Waals surface area contributed by atoms with E-state index in [0.29, 0.717) is 22.2 Å². The predicted molar refractivity (Wildman–Crippen MR) is 78.2 cm³/mol. The van der Waals surface area contributed by atoms with E-state index in [2.05, 4.69) is 11.9 Å². The summed E-state index contributed by atoms with van der Waals surface area (Å²) in [7, 11) is 0. The van der Waals surface area contributed by atoms with E-state index in [1.54, 1.807) is 0 Å². The van der Waals surface area contributed by atoms with E-state index in [4.69, 9.17) is 21.8 Å². The van der Waals surface area contributed by atoms with Crippen molar-refractivity contribution in [1.29, 1.82) is 0 Å². The first-order chi connectivity index (χ1) is 9.19. The lowest BCUT2D eigenvalue weighted by Gasteiger charge is -1.98. The Morgan fingerprint density at radius 3 is 2.79 bits per heavy atom. The van der Waals surface area contributed by atoms with Gasteiger partial charge in [0.2, 0.25) is 5.89 Å². The molecule has 1 heterocycles. The van der Waals surface area contributed by atoms with Crippen molar-refractivity contribution in [3.05, 3.63) is 47.0 Å². The van der Waals surface area contributed by atoms with Gasteiger partial charge in [0.25, 0.3) is 0 Å². The summed E-state index contributed by atoms with van der Waals surface area (Å²) >= 11 is 6.15. The van der Waals surface area contributed by atoms with Crippen LogP contribution in [0.5, 0.6) is 0 Å². The molecule has 0 bridgehead atoms. The minimum absolute atomic E-state index is 0.501. The van der Waals surface area contributed by atoms with Gasteiger partial charge in [-0.1, -0.05) is 30.7 Å². The summed E-state index contributed by atoms with van der Waals surface area (Å²) in [6.07, 6.45) is 0.911. The minimum atomic E-state index is 0.501. The van der Waals surface area contributed by atoms with E-state index in [-0.39, 0.29) is 0 Å². The summed E-state index contributed by atoms with van der Waals surface area (Å²) in [5.74, 6) is 0.501. The molecule has 3 aromatic rings. The zero-order valence-corrected chi connectivity index (χ0v) is 11.2. The molecular weight excluding hydrogens is 260 g/mol. The summed E-state index contributed by atoms with van der Waals surface area (Å²) in [5.41, 5.74) is 9.91. The smallest absolute Gasteiger partial charge is 0.228 e. The van der Waals surface area contributed by atoms with Crippen LogP contribution in [-0.2, 0) is 6.42 Å². The van der Waals surface area contributed by atoms with Gasteiger partial charge in [0.1, 0.15) is 5.52 Å². The van der Waals surface area contributed by atoms with Gasteiger partial charge >= 0.3 is 0 Å². The maximum Gasteiger partial charge on any atom is 0.228 e. The van der Waals surface area contributed by atoms with Gasteiger partial charge < -0.3 is 10.2 Å². The van der Waals surface area contributed by atoms with Gasteiger partial charge in [-0.3, -0.25) is 0 Å². The van der Waals surface area contributed by atoms with Crippen LogP contribution in [0.1, 0.15) is 12.5 Å². The molecule has 0 amide bonds. The summed E-state index contributed by atoms with van der Waals surface area (Å²) in [5, 5.41) is 0.614. The van der Waals surface area contributed by atoms with Gasteiger partial charge in [-0.2, -0.15) is 0 Å². The van der Waals surface area contributed by atoms with Crippen molar-refractivity contribution in [2.75, 3.05) is 5.73 Å². The molecule has 2 N–H and O–H groups in total. The number of oxazole rings is 1. The first-order valence-electron chi connectivity index (χ1n) is 6.13. The molecule has 19 heavy (non-hydrogen) atoms. The largest absolute Gasteiger partial charge is 0.434 e. The quantitative estimate of drug-likeness (QED) is 0.708. The molecule has 0 fully saturated rings. The molecule has 0 saturated heterocycles. The van der Waals surface area contributed by atoms with Crippen molar-refractivity contribution in [2.45, 2.75) is 13.3 Å². The van der Waals surface area contributed by atoms with E-state index in [1.807, 2.05) is 36.4 Å². The number of fused-ring (bicyclic) bond motifs is 1. The number of nitrogens with zero attached hydrogens (tertiary/aromatic N) is 1. The highest BCUT2D eigenvalue weighted by Gasteiger charge is 2.13. The maximum absolute atomic E-state index is 6.15. The Balaban J connectivity index is 2.22. The van der Waals surface area contributed by atoms with Crippen LogP contribution in [0.25, 0.3) is 22.6 Å². The third-order valence-corrected chi connectivity index (χ3v) is 3.42. The lowest BCUT2D eigenvalue weighted by Crippen LogP contribution is -1.88. The average Bonchev–Trinajstić information content (AvgIpc) is 2.83. The fraction of sp³-hybridized carbons (Fsp3) is 0.133. The molecule has 1 aromatic heterocycles. The molecular formula is C15H13ClN2O. The number of aryl methyl sites for hydroxylation is 1. The van der Waals surface area contributed by atoms with Crippen LogP contribution >= 0.6 is 11.6 Å². The maximum atomic E-state index is 6.15. The highest BCUT2D eigenvalue weighted by Crippen LogP contribution is 2.32. The Morgan fingerprint density at radius 2 is 2.05 bits per heavy atom. The lowest BCUT2D eigenvalue weighted by atomic mass is 10.1. The van der Waals surface area contributed by atoms with Crippen LogP contribution in [0.2, 0.25) is 5.02 Å². The number of nitrogens with two attached hydrogens (primary N) is 1. The minimum Gasteiger partial charge on any atom is -0.434 e. The van der Waals surface area contributed by atoms with E-state index in [0.717, 1.165) is 23.1 Å². The second kappa shape index (κ2) is 4.59. The second-order valence-corrected chi connectivity index (χ2v) is 4.79. The molecule has 0 saturated carbocycles. The normalized spacial score (nSPS) is 11.1. The summed E-state index contributed by atoms with van der Waals surface area (Å²) in [6, 6.07) is 11.4. The molecule has 0 aliphatic rings. The number of hydrogen-bond acceptors (Lipinski definition) is 3. The fourth-order valence-corrected chi connectivity index (χ4v) is 2.29. The lowest BCUT2D eigenvalue weighted by molar-refractivity contribution is 0.621. The zero-order chi connectivity index (χ0) is 13.4. The highest BCUT2D eigenvalue weighted by molar-refractivity contribution is 6.33. The van der Waals surface area contributed by atoms with E-state index >= 15 is 0 Å². The predicted octanol–water partition coefficient (Wildman–Crippen LogP) is 4.29. The Labute approximate surface area is 116 Å². The van der Waals surface area contributed by atoms with Gasteiger partial charge in [-0.05, 0) is 36.2 Å². The third kappa shape index (κ3) is 2.06. The van der Waals surface area contributed by atoms with Gasteiger partial charge in [0.15, 0.2) is 5.58 Å². The standard InChI is InChI=1S/C15H13ClN2O/c1-2-9-7-12(17)14-13(8-9)18-15(19-14)10-5-3-4-6-11(10)16/h3-8H,2,17H2,1H3. The molecule has 0 aliphatic carbocycles. The fourth-order valence-electron chi connectivity index (χ4n) is 2.07. The third-order valence-electron chi connectivity index (χ3n) is 3.09. The molecule has 96 valence electrons. The van der Waals surface area contributed by atoms with Gasteiger partial charge in [0, 0.05) is 0 Å². The molecule has 3 nitrogen and oxygen atoms in total. The summed E-state index contributed by atoms with van der Waals surface area (Å²) in [4.78, 5) is 4.48. The number of nitrogen functional groups attached to an aromatic ring is 1. The Hall–Kier alpha value is -2.00. The van der Waals surface area contributed by atoms with Crippen molar-refractivity contribution in [2.24, 2.45) is 0 Å². The van der Waals surface area contributed by atoms with Crippen molar-refractivity contribution >= 4 is 28.4 Å². The van der Waals surface area contributed by atoms with Crippen LogP contribution in [0.3, 0.4) is 0 Å². The van der Waals surface area contributed by atoms with Crippen LogP contribution in [0, 0.1) is 0 Å². The number of anilines is 1. The second-order valence-electron chi connectivity index (χ2n) is 4.39. The van der Waals surface area contributed by atoms with Crippen molar-refractivity contribution in [1.82, 2.24) is 4.98 Å². The first-order valence-corrected chi connectivity index (χ1v) is 6.50. The van der Waals surface area contributed by atoms with Crippen LogP contribution < -0.4 is 5.73 Å². The molecule has 4 heteroatoms. The van der Waals surface area contributed by atoms with Crippen molar-refractivity contribution in [3.8, 4) is 11.5 Å². The molecule has 0 spiro atoms. The van der Waals surface area contributed by atoms with Crippen LogP contribution in [0.15, 0.2) is 40.8 Å². The molecule has 0 unspecified atom stereocenters. The molecule has 3 rings (SSSR count). The SMILES string of the molecule is CCc1cc(N)c2oc(-c3ccccc3Cl)nc2c1.